The topological polar surface area (TPSA) is 77.0 Å². The van der Waals surface area contributed by atoms with Gasteiger partial charge in [0.25, 0.3) is 0 Å². The van der Waals surface area contributed by atoms with Crippen LogP contribution in [0.5, 0.6) is 0 Å². The summed E-state index contributed by atoms with van der Waals surface area (Å²) in [5.41, 5.74) is 2.55. The van der Waals surface area contributed by atoms with Gasteiger partial charge in [0.05, 0.1) is 12.8 Å². The maximum absolute atomic E-state index is 11.7. The first-order chi connectivity index (χ1) is 14.4. The van der Waals surface area contributed by atoms with Crippen molar-refractivity contribution in [1.29, 1.82) is 0 Å². The maximum Gasteiger partial charge on any atom is 0.211 e. The van der Waals surface area contributed by atoms with Crippen LogP contribution in [0.25, 0.3) is 0 Å². The number of aliphatic imine (C=N–C) groups is 1. The van der Waals surface area contributed by atoms with Crippen molar-refractivity contribution < 1.29 is 8.42 Å². The van der Waals surface area contributed by atoms with Crippen molar-refractivity contribution in [2.24, 2.45) is 4.99 Å². The summed E-state index contributed by atoms with van der Waals surface area (Å²) in [7, 11) is -3.13. The summed E-state index contributed by atoms with van der Waals surface area (Å²) in [6.45, 7) is 10.4. The molecule has 1 heterocycles. The minimum atomic E-state index is -3.13. The molecule has 1 aromatic carbocycles. The first kappa shape index (κ1) is 28.1. The normalized spacial score (nSPS) is 15.5. The predicted octanol–water partition coefficient (Wildman–Crippen LogP) is 3.02. The van der Waals surface area contributed by atoms with Crippen molar-refractivity contribution in [3.8, 4) is 0 Å². The highest BCUT2D eigenvalue weighted by Crippen LogP contribution is 2.14. The highest BCUT2D eigenvalue weighted by atomic mass is 127. The molecular weight excluding hydrogens is 525 g/mol. The number of guanidine groups is 1. The Balaban J connectivity index is 0.00000480. The van der Waals surface area contributed by atoms with E-state index in [0.717, 1.165) is 25.5 Å². The smallest absolute Gasteiger partial charge is 0.211 e. The molecule has 7 nitrogen and oxygen atoms in total. The van der Waals surface area contributed by atoms with Crippen LogP contribution < -0.4 is 10.6 Å². The highest BCUT2D eigenvalue weighted by molar-refractivity contribution is 14.0. The number of nitrogens with one attached hydrogen (secondary N) is 2. The standard InChI is InChI=1S/C22H39N5O2S.HI/c1-4-23-22(24-14-9-17-27(5-2)30(3,28)29)25-18-20-10-12-21(13-11-20)19-26-15-7-6-8-16-26;/h10-13H,4-9,14-19H2,1-3H3,(H2,23,24,25);1H. The van der Waals surface area contributed by atoms with Gasteiger partial charge in [-0.05, 0) is 50.4 Å². The molecule has 9 heteroatoms. The number of hydrogen-bond acceptors (Lipinski definition) is 4. The zero-order valence-electron chi connectivity index (χ0n) is 19.3. The second-order valence-corrected chi connectivity index (χ2v) is 9.87. The molecule has 0 bridgehead atoms. The molecule has 0 saturated carbocycles. The number of sulfonamides is 1. The molecule has 31 heavy (non-hydrogen) atoms. The summed E-state index contributed by atoms with van der Waals surface area (Å²) >= 11 is 0. The first-order valence-corrected chi connectivity index (χ1v) is 13.0. The van der Waals surface area contributed by atoms with Crippen molar-refractivity contribution in [2.75, 3.05) is 45.5 Å². The number of likely N-dealkylation sites (tertiary alicyclic amines) is 1. The summed E-state index contributed by atoms with van der Waals surface area (Å²) in [6.07, 6.45) is 5.99. The Kier molecular flexibility index (Phi) is 13.6. The summed E-state index contributed by atoms with van der Waals surface area (Å²) in [5, 5.41) is 6.55. The monoisotopic (exact) mass is 565 g/mol. The summed E-state index contributed by atoms with van der Waals surface area (Å²) < 4.78 is 24.8. The number of hydrogen-bond donors (Lipinski definition) is 2. The molecule has 0 spiro atoms. The summed E-state index contributed by atoms with van der Waals surface area (Å²) in [6, 6.07) is 8.75. The Morgan fingerprint density at radius 3 is 2.29 bits per heavy atom. The fourth-order valence-electron chi connectivity index (χ4n) is 3.66. The van der Waals surface area contributed by atoms with Crippen LogP contribution in [-0.2, 0) is 23.1 Å². The number of halogens is 1. The first-order valence-electron chi connectivity index (χ1n) is 11.2. The Morgan fingerprint density at radius 2 is 1.71 bits per heavy atom. The van der Waals surface area contributed by atoms with Crippen LogP contribution in [0.3, 0.4) is 0 Å². The van der Waals surface area contributed by atoms with Crippen LogP contribution in [-0.4, -0.2) is 69.1 Å². The minimum Gasteiger partial charge on any atom is -0.357 e. The largest absolute Gasteiger partial charge is 0.357 e. The molecule has 1 aliphatic rings. The molecule has 0 atom stereocenters. The Morgan fingerprint density at radius 1 is 1.06 bits per heavy atom. The van der Waals surface area contributed by atoms with Gasteiger partial charge < -0.3 is 10.6 Å². The van der Waals surface area contributed by atoms with E-state index in [1.165, 1.54) is 54.0 Å². The molecule has 0 aliphatic carbocycles. The van der Waals surface area contributed by atoms with E-state index in [2.05, 4.69) is 44.8 Å². The molecule has 2 rings (SSSR count). The number of benzene rings is 1. The number of nitrogens with zero attached hydrogens (tertiary/aromatic N) is 3. The van der Waals surface area contributed by atoms with Gasteiger partial charge in [-0.15, -0.1) is 24.0 Å². The van der Waals surface area contributed by atoms with E-state index < -0.39 is 10.0 Å². The third-order valence-electron chi connectivity index (χ3n) is 5.34. The molecule has 1 aliphatic heterocycles. The van der Waals surface area contributed by atoms with Gasteiger partial charge >= 0.3 is 0 Å². The van der Waals surface area contributed by atoms with Crippen molar-refractivity contribution in [3.05, 3.63) is 35.4 Å². The molecular formula is C22H40IN5O2S. The number of piperidine rings is 1. The van der Waals surface area contributed by atoms with Crippen molar-refractivity contribution in [3.63, 3.8) is 0 Å². The lowest BCUT2D eigenvalue weighted by Gasteiger charge is -2.26. The SMILES string of the molecule is CCNC(=NCc1ccc(CN2CCCCC2)cc1)NCCCN(CC)S(C)(=O)=O.I. The molecule has 2 N–H and O–H groups in total. The second kappa shape index (κ2) is 15.0. The van der Waals surface area contributed by atoms with Crippen molar-refractivity contribution >= 4 is 40.0 Å². The van der Waals surface area contributed by atoms with Crippen molar-refractivity contribution in [2.45, 2.75) is 52.6 Å². The van der Waals surface area contributed by atoms with Gasteiger partial charge in [-0.3, -0.25) is 4.90 Å². The summed E-state index contributed by atoms with van der Waals surface area (Å²) in [4.78, 5) is 7.20. The predicted molar refractivity (Wildman–Crippen MR) is 141 cm³/mol. The van der Waals surface area contributed by atoms with E-state index in [4.69, 9.17) is 0 Å². The van der Waals surface area contributed by atoms with Gasteiger partial charge in [0.15, 0.2) is 5.96 Å². The molecule has 178 valence electrons. The zero-order valence-corrected chi connectivity index (χ0v) is 22.4. The van der Waals surface area contributed by atoms with E-state index in [1.54, 1.807) is 0 Å². The highest BCUT2D eigenvalue weighted by Gasteiger charge is 2.13. The second-order valence-electron chi connectivity index (χ2n) is 7.88. The van der Waals surface area contributed by atoms with Crippen molar-refractivity contribution in [1.82, 2.24) is 19.8 Å². The number of rotatable bonds is 11. The zero-order chi connectivity index (χ0) is 21.8. The average Bonchev–Trinajstić information content (AvgIpc) is 2.72. The lowest BCUT2D eigenvalue weighted by atomic mass is 10.1. The maximum atomic E-state index is 11.7. The fraction of sp³-hybridized carbons (Fsp3) is 0.682. The Labute approximate surface area is 206 Å². The van der Waals surface area contributed by atoms with Gasteiger partial charge in [0.1, 0.15) is 0 Å². The minimum absolute atomic E-state index is 0. The Bertz CT molecular complexity index is 750. The molecule has 0 radical (unpaired) electrons. The van der Waals surface area contributed by atoms with E-state index in [9.17, 15) is 8.42 Å². The van der Waals surface area contributed by atoms with Gasteiger partial charge in [-0.25, -0.2) is 17.7 Å². The van der Waals surface area contributed by atoms with Crippen LogP contribution in [0.15, 0.2) is 29.3 Å². The fourth-order valence-corrected chi connectivity index (χ4v) is 4.59. The molecule has 1 aromatic rings. The van der Waals surface area contributed by atoms with E-state index >= 15 is 0 Å². The molecule has 0 amide bonds. The van der Waals surface area contributed by atoms with Crippen LogP contribution in [0, 0.1) is 0 Å². The van der Waals surface area contributed by atoms with Gasteiger partial charge in [-0.1, -0.05) is 37.6 Å². The van der Waals surface area contributed by atoms with Gasteiger partial charge in [0, 0.05) is 32.7 Å². The third kappa shape index (κ3) is 11.0. The van der Waals surface area contributed by atoms with E-state index in [1.807, 2.05) is 13.8 Å². The lowest BCUT2D eigenvalue weighted by molar-refractivity contribution is 0.221. The van der Waals surface area contributed by atoms with Crippen LogP contribution in [0.4, 0.5) is 0 Å². The molecule has 0 aromatic heterocycles. The summed E-state index contributed by atoms with van der Waals surface area (Å²) in [5.74, 6) is 0.761. The molecule has 0 unspecified atom stereocenters. The van der Waals surface area contributed by atoms with E-state index in [0.29, 0.717) is 26.2 Å². The quantitative estimate of drug-likeness (QED) is 0.187. The lowest BCUT2D eigenvalue weighted by Crippen LogP contribution is -2.39. The van der Waals surface area contributed by atoms with E-state index in [-0.39, 0.29) is 24.0 Å². The average molecular weight is 566 g/mol. The Hall–Kier alpha value is -0.910. The van der Waals surface area contributed by atoms with Crippen LogP contribution in [0.1, 0.15) is 50.7 Å². The molecule has 1 fully saturated rings. The van der Waals surface area contributed by atoms with Gasteiger partial charge in [0.2, 0.25) is 10.0 Å². The third-order valence-corrected chi connectivity index (χ3v) is 6.72. The molecule has 1 saturated heterocycles. The van der Waals surface area contributed by atoms with Gasteiger partial charge in [-0.2, -0.15) is 0 Å². The van der Waals surface area contributed by atoms with Crippen LogP contribution >= 0.6 is 24.0 Å². The van der Waals surface area contributed by atoms with Crippen LogP contribution in [0.2, 0.25) is 0 Å².